The Morgan fingerprint density at radius 3 is 2.74 bits per heavy atom. The van der Waals surface area contributed by atoms with Crippen molar-refractivity contribution in [3.63, 3.8) is 0 Å². The van der Waals surface area contributed by atoms with E-state index in [-0.39, 0.29) is 11.8 Å². The maximum Gasteiger partial charge on any atom is 0.332 e. The van der Waals surface area contributed by atoms with E-state index < -0.39 is 11.6 Å². The largest absolute Gasteiger partial charge is 0.497 e. The number of unbranched alkanes of at least 4 members (excludes halogenated alkanes) is 2. The summed E-state index contributed by atoms with van der Waals surface area (Å²) >= 11 is 0. The number of aromatic amines is 1. The summed E-state index contributed by atoms with van der Waals surface area (Å²) in [5, 5.41) is 3.92. The summed E-state index contributed by atoms with van der Waals surface area (Å²) in [4.78, 5) is 46.8. The summed E-state index contributed by atoms with van der Waals surface area (Å²) in [6, 6.07) is 12.1. The van der Waals surface area contributed by atoms with Crippen LogP contribution in [0.15, 0.2) is 42.5 Å². The van der Waals surface area contributed by atoms with E-state index in [1.807, 2.05) is 18.2 Å². The van der Waals surface area contributed by atoms with Gasteiger partial charge >= 0.3 is 6.03 Å². The Balaban J connectivity index is 1.53. The van der Waals surface area contributed by atoms with Gasteiger partial charge in [-0.1, -0.05) is 31.9 Å². The number of rotatable bonds is 7. The highest BCUT2D eigenvalue weighted by molar-refractivity contribution is 6.25. The van der Waals surface area contributed by atoms with Gasteiger partial charge in [-0.25, -0.2) is 9.69 Å². The Morgan fingerprint density at radius 2 is 1.97 bits per heavy atom. The number of urea groups is 1. The lowest BCUT2D eigenvalue weighted by atomic mass is 9.87. The number of para-hydroxylation sites is 1. The van der Waals surface area contributed by atoms with Crippen LogP contribution in [-0.2, 0) is 16.8 Å². The molecule has 2 aromatic carbocycles. The van der Waals surface area contributed by atoms with Gasteiger partial charge in [-0.05, 0) is 55.7 Å². The molecular weight excluding hydrogens is 444 g/mol. The van der Waals surface area contributed by atoms with Crippen molar-refractivity contribution in [3.8, 4) is 5.75 Å². The number of hydrogen-bond donors (Lipinski definition) is 2. The number of ether oxygens (including phenoxy) is 1. The van der Waals surface area contributed by atoms with Crippen LogP contribution in [0.4, 0.5) is 10.5 Å². The zero-order chi connectivity index (χ0) is 24.7. The minimum atomic E-state index is -1.19. The monoisotopic (exact) mass is 474 g/mol. The minimum absolute atomic E-state index is 0.286. The van der Waals surface area contributed by atoms with Crippen LogP contribution in [0.25, 0.3) is 10.9 Å². The maximum atomic E-state index is 14.0. The molecule has 1 saturated heterocycles. The molecule has 0 aliphatic carbocycles. The molecule has 0 spiro atoms. The third-order valence-corrected chi connectivity index (χ3v) is 7.22. The van der Waals surface area contributed by atoms with Gasteiger partial charge in [0.25, 0.3) is 11.8 Å². The van der Waals surface area contributed by atoms with Crippen LogP contribution in [0.5, 0.6) is 5.75 Å². The highest BCUT2D eigenvalue weighted by atomic mass is 16.5. The number of carbonyl (C=O) groups excluding carboxylic acids is 3. The van der Waals surface area contributed by atoms with E-state index in [4.69, 9.17) is 4.74 Å². The lowest BCUT2D eigenvalue weighted by Crippen LogP contribution is -2.49. The van der Waals surface area contributed by atoms with E-state index in [1.54, 1.807) is 43.2 Å². The fourth-order valence-electron chi connectivity index (χ4n) is 5.29. The fourth-order valence-corrected chi connectivity index (χ4v) is 5.29. The van der Waals surface area contributed by atoms with Crippen molar-refractivity contribution in [3.05, 3.63) is 59.3 Å². The number of carbonyl (C=O) groups is 3. The van der Waals surface area contributed by atoms with Crippen molar-refractivity contribution < 1.29 is 19.1 Å². The molecule has 8 nitrogen and oxygen atoms in total. The van der Waals surface area contributed by atoms with Gasteiger partial charge in [0.1, 0.15) is 5.75 Å². The summed E-state index contributed by atoms with van der Waals surface area (Å²) in [5.41, 5.74) is 2.06. The van der Waals surface area contributed by atoms with Gasteiger partial charge in [0, 0.05) is 24.0 Å². The number of fused-ring (bicyclic) bond motifs is 5. The van der Waals surface area contributed by atoms with E-state index in [1.165, 1.54) is 4.90 Å². The van der Waals surface area contributed by atoms with E-state index in [0.29, 0.717) is 36.5 Å². The number of hydrogen-bond acceptors (Lipinski definition) is 4. The van der Waals surface area contributed by atoms with Crippen molar-refractivity contribution in [1.29, 1.82) is 0 Å². The molecule has 0 saturated carbocycles. The summed E-state index contributed by atoms with van der Waals surface area (Å²) in [6.07, 6.45) is 3.58. The van der Waals surface area contributed by atoms with Crippen LogP contribution in [-0.4, -0.2) is 47.9 Å². The van der Waals surface area contributed by atoms with E-state index in [2.05, 4.69) is 17.2 Å². The number of aromatic nitrogens is 1. The molecule has 1 atom stereocenters. The van der Waals surface area contributed by atoms with Crippen molar-refractivity contribution in [2.24, 2.45) is 0 Å². The average molecular weight is 475 g/mol. The molecule has 2 aliphatic rings. The zero-order valence-corrected chi connectivity index (χ0v) is 20.3. The molecule has 2 aliphatic heterocycles. The van der Waals surface area contributed by atoms with E-state index in [0.717, 1.165) is 41.5 Å². The molecule has 5 rings (SSSR count). The first-order valence-corrected chi connectivity index (χ1v) is 12.1. The molecular formula is C27H30N4O4. The molecule has 182 valence electrons. The van der Waals surface area contributed by atoms with Crippen molar-refractivity contribution in [1.82, 2.24) is 15.2 Å². The Labute approximate surface area is 204 Å². The van der Waals surface area contributed by atoms with Gasteiger partial charge in [0.05, 0.1) is 24.1 Å². The van der Waals surface area contributed by atoms with Gasteiger partial charge < -0.3 is 19.9 Å². The predicted octanol–water partition coefficient (Wildman–Crippen LogP) is 4.34. The summed E-state index contributed by atoms with van der Waals surface area (Å²) in [7, 11) is 1.62. The number of anilines is 1. The molecule has 8 heteroatoms. The van der Waals surface area contributed by atoms with Crippen LogP contribution in [0.3, 0.4) is 0 Å². The number of imide groups is 1. The van der Waals surface area contributed by atoms with Gasteiger partial charge in [-0.15, -0.1) is 0 Å². The van der Waals surface area contributed by atoms with Crippen LogP contribution in [0.2, 0.25) is 0 Å². The molecule has 3 heterocycles. The molecule has 4 amide bonds. The molecule has 35 heavy (non-hydrogen) atoms. The third kappa shape index (κ3) is 3.47. The number of nitrogens with one attached hydrogen (secondary N) is 2. The number of methoxy groups -OCH3 is 1. The lowest BCUT2D eigenvalue weighted by molar-refractivity contribution is -0.125. The van der Waals surface area contributed by atoms with Crippen molar-refractivity contribution >= 4 is 34.4 Å². The number of nitrogens with zero attached hydrogens (tertiary/aromatic N) is 2. The highest BCUT2D eigenvalue weighted by Crippen LogP contribution is 2.46. The second kappa shape index (κ2) is 8.76. The number of H-pyrrole nitrogens is 1. The highest BCUT2D eigenvalue weighted by Gasteiger charge is 2.59. The second-order valence-electron chi connectivity index (χ2n) is 9.27. The quantitative estimate of drug-likeness (QED) is 0.394. The molecule has 0 bridgehead atoms. The summed E-state index contributed by atoms with van der Waals surface area (Å²) in [5.74, 6) is 0.0835. The van der Waals surface area contributed by atoms with Crippen molar-refractivity contribution in [2.45, 2.75) is 45.1 Å². The summed E-state index contributed by atoms with van der Waals surface area (Å²) < 4.78 is 5.39. The Bertz CT molecular complexity index is 1330. The Kier molecular flexibility index (Phi) is 5.75. The summed E-state index contributed by atoms with van der Waals surface area (Å²) in [6.45, 7) is 4.84. The topological polar surface area (TPSA) is 94.7 Å². The molecule has 1 aromatic heterocycles. The van der Waals surface area contributed by atoms with Gasteiger partial charge in [0.2, 0.25) is 0 Å². The molecule has 1 fully saturated rings. The first-order valence-electron chi connectivity index (χ1n) is 12.1. The molecule has 3 aromatic rings. The predicted molar refractivity (Wildman–Crippen MR) is 134 cm³/mol. The first kappa shape index (κ1) is 23.0. The molecule has 2 N–H and O–H groups in total. The first-order chi connectivity index (χ1) is 16.9. The zero-order valence-electron chi connectivity index (χ0n) is 20.3. The van der Waals surface area contributed by atoms with Crippen LogP contribution >= 0.6 is 0 Å². The SMILES string of the molecule is CCCCCNC(=O)c1ccccc1N1C(=O)N2CCc3c([nH]c4ccc(OC)cc34)[C@@]2(C)C1=O. The van der Waals surface area contributed by atoms with Crippen LogP contribution in [0.1, 0.15) is 54.7 Å². The fraction of sp³-hybridized carbons (Fsp3) is 0.370. The number of benzene rings is 2. The van der Waals surface area contributed by atoms with E-state index in [9.17, 15) is 14.4 Å². The standard InChI is InChI=1S/C27H30N4O4/c1-4-5-8-14-28-24(32)19-9-6-7-10-22(19)31-25(33)27(2)23-18(13-15-30(27)26(31)34)20-16-17(35-3)11-12-21(20)29-23/h6-7,9-12,16,29H,4-5,8,13-15H2,1-3H3,(H,28,32)/t27-/m0/s1. The van der Waals surface area contributed by atoms with E-state index >= 15 is 0 Å². The van der Waals surface area contributed by atoms with Gasteiger partial charge in [-0.2, -0.15) is 0 Å². The molecule has 0 radical (unpaired) electrons. The second-order valence-corrected chi connectivity index (χ2v) is 9.27. The van der Waals surface area contributed by atoms with Gasteiger partial charge in [-0.3, -0.25) is 9.59 Å². The lowest BCUT2D eigenvalue weighted by Gasteiger charge is -2.35. The van der Waals surface area contributed by atoms with Crippen LogP contribution < -0.4 is 15.0 Å². The molecule has 0 unspecified atom stereocenters. The third-order valence-electron chi connectivity index (χ3n) is 7.22. The van der Waals surface area contributed by atoms with Gasteiger partial charge in [0.15, 0.2) is 5.54 Å². The number of amides is 4. The normalized spacial score (nSPS) is 19.2. The Hall–Kier alpha value is -3.81. The average Bonchev–Trinajstić information content (AvgIpc) is 3.34. The van der Waals surface area contributed by atoms with Crippen LogP contribution in [0, 0.1) is 0 Å². The Morgan fingerprint density at radius 1 is 1.17 bits per heavy atom. The smallest absolute Gasteiger partial charge is 0.332 e. The maximum absolute atomic E-state index is 14.0. The minimum Gasteiger partial charge on any atom is -0.497 e. The van der Waals surface area contributed by atoms with Crippen molar-refractivity contribution in [2.75, 3.05) is 25.1 Å².